The molecule has 0 amide bonds. The van der Waals surface area contributed by atoms with Crippen molar-refractivity contribution in [3.63, 3.8) is 0 Å². The summed E-state index contributed by atoms with van der Waals surface area (Å²) >= 11 is 0. The topological polar surface area (TPSA) is 53.9 Å². The van der Waals surface area contributed by atoms with E-state index in [1.807, 2.05) is 0 Å². The Labute approximate surface area is 144 Å². The molecule has 2 aromatic rings. The highest BCUT2D eigenvalue weighted by molar-refractivity contribution is 5.64. The average molecular weight is 325 g/mol. The van der Waals surface area contributed by atoms with E-state index in [2.05, 4.69) is 60.2 Å². The van der Waals surface area contributed by atoms with Crippen molar-refractivity contribution in [1.29, 1.82) is 0 Å². The van der Waals surface area contributed by atoms with Gasteiger partial charge in [0.05, 0.1) is 6.20 Å². The van der Waals surface area contributed by atoms with Crippen LogP contribution in [-0.4, -0.2) is 27.8 Å². The van der Waals surface area contributed by atoms with Crippen molar-refractivity contribution < 1.29 is 0 Å². The third-order valence-electron chi connectivity index (χ3n) is 4.85. The van der Waals surface area contributed by atoms with Gasteiger partial charge in [0.1, 0.15) is 0 Å². The number of nitrogens with zero attached hydrogens (tertiary/aromatic N) is 4. The summed E-state index contributed by atoms with van der Waals surface area (Å²) in [4.78, 5) is 7.12. The molecule has 1 aromatic heterocycles. The SMILES string of the molecule is CCC1CCCCN1c1cnnc(Nc2c(C)cc(C)cc2C)n1. The Hall–Kier alpha value is -2.17. The third kappa shape index (κ3) is 3.50. The zero-order valence-corrected chi connectivity index (χ0v) is 15.1. The van der Waals surface area contributed by atoms with Gasteiger partial charge >= 0.3 is 0 Å². The largest absolute Gasteiger partial charge is 0.352 e. The molecule has 128 valence electrons. The van der Waals surface area contributed by atoms with Crippen LogP contribution in [0, 0.1) is 20.8 Å². The zero-order chi connectivity index (χ0) is 17.1. The van der Waals surface area contributed by atoms with Crippen LogP contribution in [0.5, 0.6) is 0 Å². The van der Waals surface area contributed by atoms with Gasteiger partial charge in [0, 0.05) is 18.3 Å². The molecule has 3 rings (SSSR count). The molecule has 1 fully saturated rings. The molecule has 0 saturated carbocycles. The third-order valence-corrected chi connectivity index (χ3v) is 4.85. The van der Waals surface area contributed by atoms with Gasteiger partial charge in [0.2, 0.25) is 5.95 Å². The first-order valence-corrected chi connectivity index (χ1v) is 8.89. The molecule has 1 atom stereocenters. The second-order valence-corrected chi connectivity index (χ2v) is 6.79. The fraction of sp³-hybridized carbons (Fsp3) is 0.526. The van der Waals surface area contributed by atoms with Crippen LogP contribution in [0.1, 0.15) is 49.3 Å². The van der Waals surface area contributed by atoms with E-state index in [1.165, 1.54) is 36.0 Å². The number of rotatable bonds is 4. The van der Waals surface area contributed by atoms with Gasteiger partial charge in [-0.25, -0.2) is 0 Å². The lowest BCUT2D eigenvalue weighted by atomic mass is 10.0. The lowest BCUT2D eigenvalue weighted by molar-refractivity contribution is 0.446. The fourth-order valence-electron chi connectivity index (χ4n) is 3.70. The van der Waals surface area contributed by atoms with Crippen molar-refractivity contribution in [3.8, 4) is 0 Å². The molecule has 1 aliphatic heterocycles. The van der Waals surface area contributed by atoms with Crippen LogP contribution in [0.15, 0.2) is 18.3 Å². The van der Waals surface area contributed by atoms with Gasteiger partial charge in [-0.1, -0.05) is 24.6 Å². The molecule has 1 saturated heterocycles. The highest BCUT2D eigenvalue weighted by Gasteiger charge is 2.22. The highest BCUT2D eigenvalue weighted by atomic mass is 15.3. The first-order chi connectivity index (χ1) is 11.6. The average Bonchev–Trinajstić information content (AvgIpc) is 2.58. The van der Waals surface area contributed by atoms with E-state index < -0.39 is 0 Å². The molecular weight excluding hydrogens is 298 g/mol. The van der Waals surface area contributed by atoms with Crippen LogP contribution >= 0.6 is 0 Å². The van der Waals surface area contributed by atoms with E-state index in [-0.39, 0.29) is 0 Å². The molecule has 0 spiro atoms. The van der Waals surface area contributed by atoms with Crippen LogP contribution in [0.25, 0.3) is 0 Å². The lowest BCUT2D eigenvalue weighted by Gasteiger charge is -2.35. The van der Waals surface area contributed by atoms with Crippen LogP contribution in [0.4, 0.5) is 17.5 Å². The van der Waals surface area contributed by atoms with Gasteiger partial charge in [-0.15, -0.1) is 5.10 Å². The molecule has 5 nitrogen and oxygen atoms in total. The van der Waals surface area contributed by atoms with Gasteiger partial charge in [-0.05, 0) is 57.6 Å². The van der Waals surface area contributed by atoms with E-state index >= 15 is 0 Å². The number of aryl methyl sites for hydroxylation is 3. The number of hydrogen-bond acceptors (Lipinski definition) is 5. The Morgan fingerprint density at radius 2 is 1.92 bits per heavy atom. The van der Waals surface area contributed by atoms with Crippen molar-refractivity contribution in [2.24, 2.45) is 0 Å². The Kier molecular flexibility index (Phi) is 4.97. The molecule has 0 radical (unpaired) electrons. The Morgan fingerprint density at radius 3 is 2.62 bits per heavy atom. The van der Waals surface area contributed by atoms with E-state index in [4.69, 9.17) is 4.98 Å². The van der Waals surface area contributed by atoms with E-state index in [9.17, 15) is 0 Å². The molecular formula is C19H27N5. The van der Waals surface area contributed by atoms with Crippen molar-refractivity contribution in [3.05, 3.63) is 35.0 Å². The summed E-state index contributed by atoms with van der Waals surface area (Å²) < 4.78 is 0. The number of benzene rings is 1. The number of nitrogens with one attached hydrogen (secondary N) is 1. The van der Waals surface area contributed by atoms with Crippen LogP contribution in [0.3, 0.4) is 0 Å². The molecule has 1 N–H and O–H groups in total. The summed E-state index contributed by atoms with van der Waals surface area (Å²) in [5.74, 6) is 1.50. The Balaban J connectivity index is 1.86. The zero-order valence-electron chi connectivity index (χ0n) is 15.1. The first-order valence-electron chi connectivity index (χ1n) is 8.89. The molecule has 5 heteroatoms. The van der Waals surface area contributed by atoms with Gasteiger partial charge < -0.3 is 10.2 Å². The fourth-order valence-corrected chi connectivity index (χ4v) is 3.70. The highest BCUT2D eigenvalue weighted by Crippen LogP contribution is 2.27. The van der Waals surface area contributed by atoms with Gasteiger partial charge in [-0.3, -0.25) is 0 Å². The summed E-state index contributed by atoms with van der Waals surface area (Å²) in [5.41, 5.74) is 4.74. The maximum absolute atomic E-state index is 4.74. The maximum Gasteiger partial charge on any atom is 0.249 e. The standard InChI is InChI=1S/C19H27N5/c1-5-16-8-6-7-9-24(16)17-12-20-23-19(21-17)22-18-14(3)10-13(2)11-15(18)4/h10-12,16H,5-9H2,1-4H3,(H,21,22,23). The molecule has 2 heterocycles. The predicted molar refractivity (Wildman–Crippen MR) is 99.0 cm³/mol. The number of hydrogen-bond donors (Lipinski definition) is 1. The number of anilines is 3. The molecule has 0 aliphatic carbocycles. The number of aromatic nitrogens is 3. The van der Waals surface area contributed by atoms with Crippen molar-refractivity contribution in [2.45, 2.75) is 59.4 Å². The normalized spacial score (nSPS) is 17.8. The van der Waals surface area contributed by atoms with Crippen molar-refractivity contribution >= 4 is 17.5 Å². The summed E-state index contributed by atoms with van der Waals surface area (Å²) in [7, 11) is 0. The second-order valence-electron chi connectivity index (χ2n) is 6.79. The monoisotopic (exact) mass is 325 g/mol. The molecule has 0 bridgehead atoms. The minimum Gasteiger partial charge on any atom is -0.352 e. The van der Waals surface area contributed by atoms with Crippen LogP contribution in [0.2, 0.25) is 0 Å². The van der Waals surface area contributed by atoms with Crippen LogP contribution < -0.4 is 10.2 Å². The lowest BCUT2D eigenvalue weighted by Crippen LogP contribution is -2.39. The minimum absolute atomic E-state index is 0.561. The molecule has 1 unspecified atom stereocenters. The summed E-state index contributed by atoms with van der Waals surface area (Å²) in [6.07, 6.45) is 6.69. The van der Waals surface area contributed by atoms with E-state index in [1.54, 1.807) is 6.20 Å². The minimum atomic E-state index is 0.561. The smallest absolute Gasteiger partial charge is 0.249 e. The molecule has 1 aliphatic rings. The molecule has 24 heavy (non-hydrogen) atoms. The number of piperidine rings is 1. The summed E-state index contributed by atoms with van der Waals surface area (Å²) in [5, 5.41) is 11.7. The van der Waals surface area contributed by atoms with Gasteiger partial charge in [-0.2, -0.15) is 10.1 Å². The van der Waals surface area contributed by atoms with Crippen LogP contribution in [-0.2, 0) is 0 Å². The van der Waals surface area contributed by atoms with Gasteiger partial charge in [0.15, 0.2) is 5.82 Å². The second kappa shape index (κ2) is 7.16. The van der Waals surface area contributed by atoms with E-state index in [0.717, 1.165) is 24.5 Å². The van der Waals surface area contributed by atoms with Crippen molar-refractivity contribution in [2.75, 3.05) is 16.8 Å². The Morgan fingerprint density at radius 1 is 1.17 bits per heavy atom. The van der Waals surface area contributed by atoms with Crippen molar-refractivity contribution in [1.82, 2.24) is 15.2 Å². The molecule has 1 aromatic carbocycles. The van der Waals surface area contributed by atoms with E-state index in [0.29, 0.717) is 12.0 Å². The predicted octanol–water partition coefficient (Wildman–Crippen LogP) is 4.31. The quantitative estimate of drug-likeness (QED) is 0.908. The Bertz CT molecular complexity index is 690. The summed E-state index contributed by atoms with van der Waals surface area (Å²) in [6.45, 7) is 9.63. The summed E-state index contributed by atoms with van der Waals surface area (Å²) in [6, 6.07) is 4.90. The van der Waals surface area contributed by atoms with Gasteiger partial charge in [0.25, 0.3) is 0 Å². The first kappa shape index (κ1) is 16.7. The maximum atomic E-state index is 4.74.